The Morgan fingerprint density at radius 2 is 1.56 bits per heavy atom. The fourth-order valence-corrected chi connectivity index (χ4v) is 5.34. The van der Waals surface area contributed by atoms with Crippen LogP contribution in [0.25, 0.3) is 0 Å². The summed E-state index contributed by atoms with van der Waals surface area (Å²) >= 11 is 0. The van der Waals surface area contributed by atoms with Crippen molar-refractivity contribution in [3.8, 4) is 0 Å². The van der Waals surface area contributed by atoms with Gasteiger partial charge in [0.2, 0.25) is 0 Å². The molecule has 3 rings (SSSR count). The fraction of sp³-hybridized carbons (Fsp3) is 0.600. The minimum Gasteiger partial charge on any atom is -0.0996 e. The summed E-state index contributed by atoms with van der Waals surface area (Å²) in [5.74, 6) is 3.83. The van der Waals surface area contributed by atoms with Gasteiger partial charge >= 0.3 is 0 Å². The van der Waals surface area contributed by atoms with Crippen LogP contribution in [0.1, 0.15) is 63.5 Å². The standard InChI is InChI=1S/C25H36/c1-17-6-8-22(9-7-17)16-24-11-10-23(21(24)5)15-20(4)25-13-18(2)12-19(3)14-25/h6-9,18-19,23-25H,4-5,10-16H2,1-3H3. The molecule has 2 saturated carbocycles. The molecular weight excluding hydrogens is 300 g/mol. The summed E-state index contributed by atoms with van der Waals surface area (Å²) in [5.41, 5.74) is 5.82. The molecule has 0 amide bonds. The molecule has 2 aliphatic rings. The predicted molar refractivity (Wildman–Crippen MR) is 110 cm³/mol. The van der Waals surface area contributed by atoms with Crippen LogP contribution in [0.4, 0.5) is 0 Å². The van der Waals surface area contributed by atoms with Crippen LogP contribution in [0.2, 0.25) is 0 Å². The molecule has 0 saturated heterocycles. The Bertz CT molecular complexity index is 595. The van der Waals surface area contributed by atoms with E-state index < -0.39 is 0 Å². The molecule has 0 aromatic heterocycles. The highest BCUT2D eigenvalue weighted by Gasteiger charge is 2.32. The molecule has 1 aromatic rings. The van der Waals surface area contributed by atoms with Crippen molar-refractivity contribution in [3.63, 3.8) is 0 Å². The van der Waals surface area contributed by atoms with Crippen LogP contribution >= 0.6 is 0 Å². The van der Waals surface area contributed by atoms with Crippen LogP contribution in [0.3, 0.4) is 0 Å². The highest BCUT2D eigenvalue weighted by molar-refractivity contribution is 5.25. The van der Waals surface area contributed by atoms with Gasteiger partial charge in [0.15, 0.2) is 0 Å². The van der Waals surface area contributed by atoms with Crippen LogP contribution in [0, 0.1) is 36.5 Å². The van der Waals surface area contributed by atoms with Gasteiger partial charge in [-0.3, -0.25) is 0 Å². The molecule has 0 radical (unpaired) electrons. The van der Waals surface area contributed by atoms with E-state index in [0.717, 1.165) is 17.8 Å². The average Bonchev–Trinajstić information content (AvgIpc) is 2.89. The number of aryl methyl sites for hydroxylation is 1. The molecule has 25 heavy (non-hydrogen) atoms. The molecule has 0 heterocycles. The van der Waals surface area contributed by atoms with Crippen molar-refractivity contribution in [2.24, 2.45) is 29.6 Å². The van der Waals surface area contributed by atoms with E-state index in [9.17, 15) is 0 Å². The molecule has 0 nitrogen and oxygen atoms in total. The van der Waals surface area contributed by atoms with Gasteiger partial charge in [0.05, 0.1) is 0 Å². The predicted octanol–water partition coefficient (Wildman–Crippen LogP) is 7.14. The average molecular weight is 337 g/mol. The Labute approximate surface area is 155 Å². The van der Waals surface area contributed by atoms with Gasteiger partial charge < -0.3 is 0 Å². The zero-order chi connectivity index (χ0) is 18.0. The normalized spacial score (nSPS) is 32.8. The first-order valence-electron chi connectivity index (χ1n) is 10.3. The first-order chi connectivity index (χ1) is 11.9. The molecule has 4 atom stereocenters. The summed E-state index contributed by atoms with van der Waals surface area (Å²) in [6.07, 6.45) is 9.09. The molecule has 0 bridgehead atoms. The van der Waals surface area contributed by atoms with Crippen LogP contribution in [0.5, 0.6) is 0 Å². The molecule has 2 aliphatic carbocycles. The molecule has 0 heteroatoms. The number of benzene rings is 1. The van der Waals surface area contributed by atoms with Gasteiger partial charge in [-0.2, -0.15) is 0 Å². The minimum atomic E-state index is 0.671. The van der Waals surface area contributed by atoms with Crippen molar-refractivity contribution in [1.29, 1.82) is 0 Å². The molecule has 0 aliphatic heterocycles. The Kier molecular flexibility index (Phi) is 5.87. The molecule has 1 aromatic carbocycles. The molecule has 0 N–H and O–H groups in total. The molecule has 2 fully saturated rings. The largest absolute Gasteiger partial charge is 0.0996 e. The third kappa shape index (κ3) is 4.66. The van der Waals surface area contributed by atoms with Gasteiger partial charge in [0, 0.05) is 0 Å². The monoisotopic (exact) mass is 336 g/mol. The van der Waals surface area contributed by atoms with Crippen molar-refractivity contribution in [1.82, 2.24) is 0 Å². The van der Waals surface area contributed by atoms with Crippen LogP contribution in [-0.4, -0.2) is 0 Å². The zero-order valence-corrected chi connectivity index (χ0v) is 16.6. The second-order valence-corrected chi connectivity index (χ2v) is 9.21. The van der Waals surface area contributed by atoms with E-state index in [2.05, 4.69) is 58.2 Å². The van der Waals surface area contributed by atoms with E-state index in [1.807, 2.05) is 0 Å². The lowest BCUT2D eigenvalue weighted by Gasteiger charge is -2.33. The van der Waals surface area contributed by atoms with E-state index >= 15 is 0 Å². The fourth-order valence-electron chi connectivity index (χ4n) is 5.34. The minimum absolute atomic E-state index is 0.671. The van der Waals surface area contributed by atoms with Crippen molar-refractivity contribution < 1.29 is 0 Å². The van der Waals surface area contributed by atoms with E-state index in [4.69, 9.17) is 0 Å². The third-order valence-electron chi connectivity index (χ3n) is 6.78. The van der Waals surface area contributed by atoms with E-state index in [0.29, 0.717) is 11.8 Å². The Balaban J connectivity index is 1.54. The Hall–Kier alpha value is -1.30. The van der Waals surface area contributed by atoms with Gasteiger partial charge in [-0.25, -0.2) is 0 Å². The Morgan fingerprint density at radius 3 is 2.20 bits per heavy atom. The highest BCUT2D eigenvalue weighted by Crippen LogP contribution is 2.44. The molecule has 4 unspecified atom stereocenters. The van der Waals surface area contributed by atoms with Gasteiger partial charge in [-0.15, -0.1) is 0 Å². The SMILES string of the molecule is C=C(CC1CCC(Cc2ccc(C)cc2)C1=C)C1CC(C)CC(C)C1. The van der Waals surface area contributed by atoms with Crippen LogP contribution in [0.15, 0.2) is 48.6 Å². The van der Waals surface area contributed by atoms with E-state index in [1.165, 1.54) is 67.2 Å². The van der Waals surface area contributed by atoms with Gasteiger partial charge in [-0.05, 0) is 87.0 Å². The number of hydrogen-bond donors (Lipinski definition) is 0. The first kappa shape index (κ1) is 18.5. The third-order valence-corrected chi connectivity index (χ3v) is 6.78. The molecule has 136 valence electrons. The second kappa shape index (κ2) is 7.94. The lowest BCUT2D eigenvalue weighted by atomic mass is 9.72. The van der Waals surface area contributed by atoms with Gasteiger partial charge in [-0.1, -0.05) is 68.0 Å². The lowest BCUT2D eigenvalue weighted by Crippen LogP contribution is -2.21. The summed E-state index contributed by atoms with van der Waals surface area (Å²) < 4.78 is 0. The van der Waals surface area contributed by atoms with Crippen molar-refractivity contribution in [2.45, 2.75) is 65.7 Å². The Morgan fingerprint density at radius 1 is 0.960 bits per heavy atom. The highest BCUT2D eigenvalue weighted by atomic mass is 14.4. The zero-order valence-electron chi connectivity index (χ0n) is 16.6. The number of hydrogen-bond acceptors (Lipinski definition) is 0. The van der Waals surface area contributed by atoms with Gasteiger partial charge in [0.1, 0.15) is 0 Å². The summed E-state index contributed by atoms with van der Waals surface area (Å²) in [5, 5.41) is 0. The smallest absolute Gasteiger partial charge is 0.0162 e. The first-order valence-corrected chi connectivity index (χ1v) is 10.3. The maximum atomic E-state index is 4.52. The quantitative estimate of drug-likeness (QED) is 0.501. The summed E-state index contributed by atoms with van der Waals surface area (Å²) in [7, 11) is 0. The van der Waals surface area contributed by atoms with Crippen LogP contribution < -0.4 is 0 Å². The number of rotatable bonds is 5. The second-order valence-electron chi connectivity index (χ2n) is 9.21. The summed E-state index contributed by atoms with van der Waals surface area (Å²) in [6, 6.07) is 9.05. The lowest BCUT2D eigenvalue weighted by molar-refractivity contribution is 0.239. The molecule has 0 spiro atoms. The topological polar surface area (TPSA) is 0 Å². The van der Waals surface area contributed by atoms with Crippen molar-refractivity contribution >= 4 is 0 Å². The van der Waals surface area contributed by atoms with Crippen molar-refractivity contribution in [2.75, 3.05) is 0 Å². The van der Waals surface area contributed by atoms with E-state index in [-0.39, 0.29) is 0 Å². The van der Waals surface area contributed by atoms with Crippen LogP contribution in [-0.2, 0) is 6.42 Å². The van der Waals surface area contributed by atoms with E-state index in [1.54, 1.807) is 0 Å². The number of allylic oxidation sites excluding steroid dienone is 2. The maximum Gasteiger partial charge on any atom is -0.0162 e. The summed E-state index contributed by atoms with van der Waals surface area (Å²) in [4.78, 5) is 0. The van der Waals surface area contributed by atoms with Gasteiger partial charge in [0.25, 0.3) is 0 Å². The maximum absolute atomic E-state index is 4.52. The van der Waals surface area contributed by atoms with Crippen molar-refractivity contribution in [3.05, 3.63) is 59.7 Å². The molecular formula is C25H36. The summed E-state index contributed by atoms with van der Waals surface area (Å²) in [6.45, 7) is 16.0.